The maximum atomic E-state index is 13.8. The molecular weight excluding hydrogens is 436 g/mol. The fraction of sp³-hybridized carbons (Fsp3) is 0.348. The second kappa shape index (κ2) is 8.55. The quantitative estimate of drug-likeness (QED) is 0.535. The summed E-state index contributed by atoms with van der Waals surface area (Å²) in [5.74, 6) is 1.44. The summed E-state index contributed by atoms with van der Waals surface area (Å²) in [7, 11) is -0.869. The molecule has 164 valence electrons. The number of anilines is 1. The van der Waals surface area contributed by atoms with E-state index >= 15 is 0 Å². The van der Waals surface area contributed by atoms with Gasteiger partial charge in [-0.15, -0.1) is 0 Å². The van der Waals surface area contributed by atoms with Crippen molar-refractivity contribution in [3.8, 4) is 11.5 Å². The van der Waals surface area contributed by atoms with E-state index in [4.69, 9.17) is 21.1 Å². The molecule has 0 radical (unpaired) electrons. The summed E-state index contributed by atoms with van der Waals surface area (Å²) >= 11 is 6.17. The Labute approximate surface area is 187 Å². The molecule has 1 aliphatic heterocycles. The standard InChI is InChI=1S/C23H25ClN2O4S/c1-15-8-10-26(11-9-15)23-18-6-4-16(24)12-19(18)25-14-22(23)31(27,28)17-5-7-20(29-2)21(13-17)30-3/h4-7,12-15H,8-11H2,1-3H3. The molecule has 1 aliphatic rings. The normalized spacial score (nSPS) is 15.3. The summed E-state index contributed by atoms with van der Waals surface area (Å²) in [6, 6.07) is 10.0. The number of ether oxygens (including phenoxy) is 2. The van der Waals surface area contributed by atoms with Crippen molar-refractivity contribution >= 4 is 38.0 Å². The molecule has 0 N–H and O–H groups in total. The Morgan fingerprint density at radius 1 is 1.03 bits per heavy atom. The van der Waals surface area contributed by atoms with Crippen LogP contribution in [-0.4, -0.2) is 40.7 Å². The molecular formula is C23H25ClN2O4S. The summed E-state index contributed by atoms with van der Waals surface area (Å²) in [6.07, 6.45) is 3.46. The number of fused-ring (bicyclic) bond motifs is 1. The number of sulfone groups is 1. The van der Waals surface area contributed by atoms with E-state index in [1.165, 1.54) is 32.5 Å². The zero-order valence-corrected chi connectivity index (χ0v) is 19.3. The monoisotopic (exact) mass is 460 g/mol. The largest absolute Gasteiger partial charge is 0.493 e. The lowest BCUT2D eigenvalue weighted by Gasteiger charge is -2.34. The highest BCUT2D eigenvalue weighted by molar-refractivity contribution is 7.91. The van der Waals surface area contributed by atoms with Gasteiger partial charge in [-0.3, -0.25) is 4.98 Å². The number of pyridine rings is 1. The minimum Gasteiger partial charge on any atom is -0.493 e. The number of piperidine rings is 1. The molecule has 8 heteroatoms. The molecule has 1 fully saturated rings. The van der Waals surface area contributed by atoms with E-state index in [0.717, 1.165) is 31.3 Å². The molecule has 31 heavy (non-hydrogen) atoms. The highest BCUT2D eigenvalue weighted by atomic mass is 35.5. The fourth-order valence-corrected chi connectivity index (χ4v) is 5.61. The van der Waals surface area contributed by atoms with Crippen molar-refractivity contribution in [2.75, 3.05) is 32.2 Å². The van der Waals surface area contributed by atoms with Gasteiger partial charge >= 0.3 is 0 Å². The number of aromatic nitrogens is 1. The van der Waals surface area contributed by atoms with Crippen LogP contribution in [0.25, 0.3) is 10.9 Å². The van der Waals surface area contributed by atoms with Crippen molar-refractivity contribution < 1.29 is 17.9 Å². The Bertz CT molecular complexity index is 1220. The predicted octanol–water partition coefficient (Wildman–Crippen LogP) is 4.97. The zero-order valence-electron chi connectivity index (χ0n) is 17.8. The molecule has 3 aromatic rings. The second-order valence-corrected chi connectivity index (χ2v) is 10.2. The van der Waals surface area contributed by atoms with E-state index in [0.29, 0.717) is 33.6 Å². The van der Waals surface area contributed by atoms with Gasteiger partial charge in [0, 0.05) is 35.8 Å². The van der Waals surface area contributed by atoms with Crippen LogP contribution < -0.4 is 14.4 Å². The summed E-state index contributed by atoms with van der Waals surface area (Å²) < 4.78 is 38.1. The zero-order chi connectivity index (χ0) is 22.2. The number of hydrogen-bond acceptors (Lipinski definition) is 6. The van der Waals surface area contributed by atoms with Crippen molar-refractivity contribution in [3.63, 3.8) is 0 Å². The Hall–Kier alpha value is -2.51. The maximum Gasteiger partial charge on any atom is 0.210 e. The number of hydrogen-bond donors (Lipinski definition) is 0. The van der Waals surface area contributed by atoms with Gasteiger partial charge in [0.05, 0.1) is 30.3 Å². The van der Waals surface area contributed by atoms with Gasteiger partial charge in [-0.25, -0.2) is 8.42 Å². The highest BCUT2D eigenvalue weighted by Crippen LogP contribution is 2.39. The van der Waals surface area contributed by atoms with E-state index in [2.05, 4.69) is 16.8 Å². The molecule has 0 unspecified atom stereocenters. The van der Waals surface area contributed by atoms with Crippen LogP contribution in [0.2, 0.25) is 5.02 Å². The van der Waals surface area contributed by atoms with Crippen molar-refractivity contribution in [3.05, 3.63) is 47.6 Å². The lowest BCUT2D eigenvalue weighted by atomic mass is 9.98. The van der Waals surface area contributed by atoms with Crippen molar-refractivity contribution in [1.29, 1.82) is 0 Å². The first-order valence-electron chi connectivity index (χ1n) is 10.2. The third kappa shape index (κ3) is 4.04. The molecule has 2 heterocycles. The van der Waals surface area contributed by atoms with Gasteiger partial charge in [0.15, 0.2) is 11.5 Å². The van der Waals surface area contributed by atoms with Gasteiger partial charge in [-0.2, -0.15) is 0 Å². The van der Waals surface area contributed by atoms with Crippen molar-refractivity contribution in [2.24, 2.45) is 5.92 Å². The van der Waals surface area contributed by atoms with Crippen LogP contribution >= 0.6 is 11.6 Å². The van der Waals surface area contributed by atoms with Gasteiger partial charge in [-0.05, 0) is 49.1 Å². The van der Waals surface area contributed by atoms with Gasteiger partial charge in [0.2, 0.25) is 9.84 Å². The minimum absolute atomic E-state index is 0.131. The first-order chi connectivity index (χ1) is 14.8. The number of rotatable bonds is 5. The molecule has 0 aliphatic carbocycles. The Kier molecular flexibility index (Phi) is 5.99. The first kappa shape index (κ1) is 21.7. The fourth-order valence-electron chi connectivity index (χ4n) is 4.00. The molecule has 6 nitrogen and oxygen atoms in total. The SMILES string of the molecule is COc1ccc(S(=O)(=O)c2cnc3cc(Cl)ccc3c2N2CCC(C)CC2)cc1OC. The van der Waals surface area contributed by atoms with Crippen LogP contribution in [-0.2, 0) is 9.84 Å². The van der Waals surface area contributed by atoms with E-state index < -0.39 is 9.84 Å². The maximum absolute atomic E-state index is 13.8. The average molecular weight is 461 g/mol. The van der Waals surface area contributed by atoms with Crippen LogP contribution in [0.5, 0.6) is 11.5 Å². The summed E-state index contributed by atoms with van der Waals surface area (Å²) in [5, 5.41) is 1.34. The van der Waals surface area contributed by atoms with Crippen LogP contribution in [0.3, 0.4) is 0 Å². The topological polar surface area (TPSA) is 68.7 Å². The van der Waals surface area contributed by atoms with Gasteiger partial charge in [-0.1, -0.05) is 18.5 Å². The summed E-state index contributed by atoms with van der Waals surface area (Å²) in [5.41, 5.74) is 1.36. The van der Waals surface area contributed by atoms with Gasteiger partial charge in [0.25, 0.3) is 0 Å². The molecule has 0 spiro atoms. The second-order valence-electron chi connectivity index (χ2n) is 7.82. The van der Waals surface area contributed by atoms with Crippen LogP contribution in [0, 0.1) is 5.92 Å². The Morgan fingerprint density at radius 2 is 1.74 bits per heavy atom. The van der Waals surface area contributed by atoms with Crippen molar-refractivity contribution in [2.45, 2.75) is 29.6 Å². The Balaban J connectivity index is 1.92. The molecule has 0 saturated carbocycles. The first-order valence-corrected chi connectivity index (χ1v) is 12.0. The van der Waals surface area contributed by atoms with Crippen LogP contribution in [0.4, 0.5) is 5.69 Å². The molecule has 1 aromatic heterocycles. The Morgan fingerprint density at radius 3 is 2.42 bits per heavy atom. The van der Waals surface area contributed by atoms with Crippen molar-refractivity contribution in [1.82, 2.24) is 4.98 Å². The van der Waals surface area contributed by atoms with Gasteiger partial charge in [0.1, 0.15) is 4.90 Å². The highest BCUT2D eigenvalue weighted by Gasteiger charge is 2.29. The average Bonchev–Trinajstić information content (AvgIpc) is 2.78. The van der Waals surface area contributed by atoms with Crippen LogP contribution in [0.15, 0.2) is 52.4 Å². The van der Waals surface area contributed by atoms with E-state index in [1.54, 1.807) is 18.2 Å². The van der Waals surface area contributed by atoms with E-state index in [1.807, 2.05) is 6.07 Å². The number of nitrogens with zero attached hydrogens (tertiary/aromatic N) is 2. The lowest BCUT2D eigenvalue weighted by molar-refractivity contribution is 0.354. The van der Waals surface area contributed by atoms with E-state index in [-0.39, 0.29) is 9.79 Å². The third-order valence-corrected chi connectivity index (χ3v) is 7.81. The smallest absolute Gasteiger partial charge is 0.210 e. The molecule has 4 rings (SSSR count). The summed E-state index contributed by atoms with van der Waals surface area (Å²) in [4.78, 5) is 6.91. The number of benzene rings is 2. The lowest BCUT2D eigenvalue weighted by Crippen LogP contribution is -2.34. The van der Waals surface area contributed by atoms with E-state index in [9.17, 15) is 8.42 Å². The van der Waals surface area contributed by atoms with Gasteiger partial charge < -0.3 is 14.4 Å². The molecule has 0 atom stereocenters. The molecule has 0 bridgehead atoms. The predicted molar refractivity (Wildman–Crippen MR) is 122 cm³/mol. The summed E-state index contributed by atoms with van der Waals surface area (Å²) in [6.45, 7) is 3.80. The van der Waals surface area contributed by atoms with Crippen LogP contribution in [0.1, 0.15) is 19.8 Å². The molecule has 1 saturated heterocycles. The minimum atomic E-state index is -3.86. The number of halogens is 1. The molecule has 0 amide bonds. The number of methoxy groups -OCH3 is 2. The molecule has 2 aromatic carbocycles. The third-order valence-electron chi connectivity index (χ3n) is 5.82.